The Morgan fingerprint density at radius 1 is 1.24 bits per heavy atom. The number of thioether (sulfide) groups is 1. The number of hydrogen-bond donors (Lipinski definition) is 1. The van der Waals surface area contributed by atoms with Crippen LogP contribution in [-0.2, 0) is 0 Å². The van der Waals surface area contributed by atoms with E-state index < -0.39 is 0 Å². The molecule has 1 N–H and O–H groups in total. The molecule has 1 aromatic heterocycles. The predicted molar refractivity (Wildman–Crippen MR) is 74.6 cm³/mol. The second kappa shape index (κ2) is 4.55. The number of benzene rings is 1. The van der Waals surface area contributed by atoms with Crippen molar-refractivity contribution in [1.82, 2.24) is 0 Å². The van der Waals surface area contributed by atoms with Crippen molar-refractivity contribution in [2.24, 2.45) is 0 Å². The molecule has 1 atom stereocenters. The summed E-state index contributed by atoms with van der Waals surface area (Å²) in [4.78, 5) is 2.08. The van der Waals surface area contributed by atoms with Gasteiger partial charge in [-0.05, 0) is 24.3 Å². The highest BCUT2D eigenvalue weighted by Crippen LogP contribution is 2.43. The number of furan rings is 1. The third-order valence-electron chi connectivity index (χ3n) is 2.66. The Morgan fingerprint density at radius 2 is 2.12 bits per heavy atom. The molecule has 1 aliphatic rings. The van der Waals surface area contributed by atoms with Crippen LogP contribution in [0.15, 0.2) is 52.0 Å². The molecule has 1 aromatic carbocycles. The van der Waals surface area contributed by atoms with Gasteiger partial charge in [-0.3, -0.25) is 0 Å². The first-order valence-corrected chi connectivity index (χ1v) is 6.70. The fourth-order valence-corrected chi connectivity index (χ4v) is 3.46. The van der Waals surface area contributed by atoms with Gasteiger partial charge in [0, 0.05) is 11.3 Å². The largest absolute Gasteiger partial charge is 0.468 e. The molecule has 2 heterocycles. The standard InChI is InChI=1S/C13H11NOS2/c16-13-8-12(10-5-3-7-15-10)17-11-6-2-1-4-9(11)14-13/h1-7,12H,8H2,(H,14,16). The molecule has 2 aromatic rings. The molecule has 0 amide bonds. The van der Waals surface area contributed by atoms with Crippen molar-refractivity contribution in [2.75, 3.05) is 5.32 Å². The summed E-state index contributed by atoms with van der Waals surface area (Å²) in [5.41, 5.74) is 1.09. The SMILES string of the molecule is S=C1CC(c2ccco2)Sc2ccccc2N1. The second-order valence-electron chi connectivity index (χ2n) is 3.87. The van der Waals surface area contributed by atoms with Crippen molar-refractivity contribution in [3.63, 3.8) is 0 Å². The summed E-state index contributed by atoms with van der Waals surface area (Å²) in [5.74, 6) is 0.982. The van der Waals surface area contributed by atoms with Crippen LogP contribution in [0.1, 0.15) is 17.4 Å². The summed E-state index contributed by atoms with van der Waals surface area (Å²) in [6.07, 6.45) is 2.52. The maximum Gasteiger partial charge on any atom is 0.117 e. The van der Waals surface area contributed by atoms with Gasteiger partial charge < -0.3 is 9.73 Å². The van der Waals surface area contributed by atoms with E-state index in [2.05, 4.69) is 17.4 Å². The average molecular weight is 261 g/mol. The molecular formula is C13H11NOS2. The lowest BCUT2D eigenvalue weighted by molar-refractivity contribution is 0.509. The maximum absolute atomic E-state index is 5.48. The van der Waals surface area contributed by atoms with Gasteiger partial charge in [-0.1, -0.05) is 24.4 Å². The lowest BCUT2D eigenvalue weighted by Gasteiger charge is -2.10. The number of fused-ring (bicyclic) bond motifs is 1. The minimum Gasteiger partial charge on any atom is -0.468 e. The van der Waals surface area contributed by atoms with Crippen molar-refractivity contribution < 1.29 is 4.42 Å². The van der Waals surface area contributed by atoms with Gasteiger partial charge in [-0.2, -0.15) is 0 Å². The summed E-state index contributed by atoms with van der Waals surface area (Å²) >= 11 is 7.15. The highest BCUT2D eigenvalue weighted by molar-refractivity contribution is 7.99. The first kappa shape index (κ1) is 10.9. The van der Waals surface area contributed by atoms with Crippen LogP contribution in [0.5, 0.6) is 0 Å². The summed E-state index contributed by atoms with van der Waals surface area (Å²) in [6.45, 7) is 0. The number of anilines is 1. The monoisotopic (exact) mass is 261 g/mol. The summed E-state index contributed by atoms with van der Waals surface area (Å²) in [6, 6.07) is 12.1. The van der Waals surface area contributed by atoms with Crippen LogP contribution < -0.4 is 5.32 Å². The zero-order valence-electron chi connectivity index (χ0n) is 9.05. The molecule has 1 aliphatic heterocycles. The Bertz CT molecular complexity index is 536. The molecule has 0 aliphatic carbocycles. The van der Waals surface area contributed by atoms with Crippen LogP contribution in [-0.4, -0.2) is 4.99 Å². The van der Waals surface area contributed by atoms with E-state index >= 15 is 0 Å². The average Bonchev–Trinajstić information content (AvgIpc) is 2.79. The van der Waals surface area contributed by atoms with Gasteiger partial charge in [0.05, 0.1) is 22.2 Å². The molecule has 0 saturated carbocycles. The van der Waals surface area contributed by atoms with E-state index in [0.29, 0.717) is 0 Å². The van der Waals surface area contributed by atoms with E-state index in [1.165, 1.54) is 4.90 Å². The number of nitrogens with one attached hydrogen (secondary N) is 1. The zero-order valence-corrected chi connectivity index (χ0v) is 10.7. The molecule has 0 fully saturated rings. The van der Waals surface area contributed by atoms with Crippen molar-refractivity contribution >= 4 is 34.7 Å². The number of hydrogen-bond acceptors (Lipinski definition) is 3. The molecular weight excluding hydrogens is 250 g/mol. The molecule has 2 nitrogen and oxygen atoms in total. The zero-order chi connectivity index (χ0) is 11.7. The van der Waals surface area contributed by atoms with Crippen LogP contribution in [0.2, 0.25) is 0 Å². The summed E-state index contributed by atoms with van der Waals surface area (Å²) in [7, 11) is 0. The molecule has 0 radical (unpaired) electrons. The summed E-state index contributed by atoms with van der Waals surface area (Å²) in [5, 5.41) is 3.54. The highest BCUT2D eigenvalue weighted by atomic mass is 32.2. The van der Waals surface area contributed by atoms with Crippen molar-refractivity contribution in [1.29, 1.82) is 0 Å². The van der Waals surface area contributed by atoms with Crippen molar-refractivity contribution in [3.05, 3.63) is 48.4 Å². The minimum atomic E-state index is 0.258. The van der Waals surface area contributed by atoms with Crippen LogP contribution in [0.25, 0.3) is 0 Å². The minimum absolute atomic E-state index is 0.258. The third kappa shape index (κ3) is 2.23. The van der Waals surface area contributed by atoms with E-state index in [9.17, 15) is 0 Å². The van der Waals surface area contributed by atoms with Gasteiger partial charge in [0.2, 0.25) is 0 Å². The van der Waals surface area contributed by atoms with Crippen LogP contribution in [0.3, 0.4) is 0 Å². The smallest absolute Gasteiger partial charge is 0.117 e. The lowest BCUT2D eigenvalue weighted by atomic mass is 10.2. The van der Waals surface area contributed by atoms with Gasteiger partial charge >= 0.3 is 0 Å². The summed E-state index contributed by atoms with van der Waals surface area (Å²) < 4.78 is 5.48. The molecule has 86 valence electrons. The molecule has 0 spiro atoms. The van der Waals surface area contributed by atoms with Gasteiger partial charge in [-0.25, -0.2) is 0 Å². The quantitative estimate of drug-likeness (QED) is 0.776. The van der Waals surface area contributed by atoms with E-state index in [-0.39, 0.29) is 5.25 Å². The van der Waals surface area contributed by atoms with E-state index in [4.69, 9.17) is 16.6 Å². The van der Waals surface area contributed by atoms with Crippen molar-refractivity contribution in [2.45, 2.75) is 16.6 Å². The Balaban J connectivity index is 1.98. The molecule has 1 unspecified atom stereocenters. The predicted octanol–water partition coefficient (Wildman–Crippen LogP) is 4.26. The first-order chi connectivity index (χ1) is 8.33. The van der Waals surface area contributed by atoms with E-state index in [1.807, 2.05) is 24.3 Å². The molecule has 3 rings (SSSR count). The number of thiocarbonyl (C=S) groups is 1. The van der Waals surface area contributed by atoms with Gasteiger partial charge in [-0.15, -0.1) is 11.8 Å². The Hall–Kier alpha value is -1.26. The van der Waals surface area contributed by atoms with Gasteiger partial charge in [0.15, 0.2) is 0 Å². The fraction of sp³-hybridized carbons (Fsp3) is 0.154. The normalized spacial score (nSPS) is 19.3. The molecule has 17 heavy (non-hydrogen) atoms. The highest BCUT2D eigenvalue weighted by Gasteiger charge is 2.23. The number of para-hydroxylation sites is 1. The van der Waals surface area contributed by atoms with E-state index in [1.54, 1.807) is 18.0 Å². The molecule has 0 bridgehead atoms. The van der Waals surface area contributed by atoms with Crippen LogP contribution in [0.4, 0.5) is 5.69 Å². The Labute approximate surface area is 109 Å². The van der Waals surface area contributed by atoms with Crippen LogP contribution in [0, 0.1) is 0 Å². The maximum atomic E-state index is 5.48. The van der Waals surface area contributed by atoms with E-state index in [0.717, 1.165) is 22.9 Å². The Morgan fingerprint density at radius 3 is 2.94 bits per heavy atom. The van der Waals surface area contributed by atoms with Gasteiger partial charge in [0.1, 0.15) is 5.76 Å². The number of rotatable bonds is 1. The first-order valence-electron chi connectivity index (χ1n) is 5.42. The fourth-order valence-electron chi connectivity index (χ4n) is 1.87. The third-order valence-corrected chi connectivity index (χ3v) is 4.22. The van der Waals surface area contributed by atoms with Crippen LogP contribution >= 0.6 is 24.0 Å². The second-order valence-corrected chi connectivity index (χ2v) is 5.61. The van der Waals surface area contributed by atoms with Crippen molar-refractivity contribution in [3.8, 4) is 0 Å². The molecule has 0 saturated heterocycles. The lowest BCUT2D eigenvalue weighted by Crippen LogP contribution is -2.09. The molecule has 4 heteroatoms. The Kier molecular flexibility index (Phi) is 2.91. The topological polar surface area (TPSA) is 25.2 Å². The van der Waals surface area contributed by atoms with Gasteiger partial charge in [0.25, 0.3) is 0 Å².